The van der Waals surface area contributed by atoms with Gasteiger partial charge in [-0.15, -0.1) is 0 Å². The highest BCUT2D eigenvalue weighted by atomic mass is 32.1. The molecule has 0 aliphatic carbocycles. The molecule has 1 aliphatic heterocycles. The standard InChI is InChI=1S/C18H27N3O2S/c22-17(14-10-11-19-13-14)21-16(9-5-2-6-12-24)18(23)20-15-7-3-1-4-8-15/h1,3-4,7-8,14,16,19,24H,2,5-6,9-13H2,(H,20,23)(H,21,22)/t14?,16-/m0/s1. The van der Waals surface area contributed by atoms with Crippen molar-refractivity contribution in [3.63, 3.8) is 0 Å². The number of rotatable bonds is 9. The highest BCUT2D eigenvalue weighted by Crippen LogP contribution is 2.12. The molecule has 1 aliphatic rings. The molecule has 2 amide bonds. The van der Waals surface area contributed by atoms with Crippen molar-refractivity contribution < 1.29 is 9.59 Å². The smallest absolute Gasteiger partial charge is 0.246 e. The van der Waals surface area contributed by atoms with E-state index < -0.39 is 6.04 Å². The lowest BCUT2D eigenvalue weighted by Gasteiger charge is -2.20. The number of anilines is 1. The van der Waals surface area contributed by atoms with Gasteiger partial charge in [-0.2, -0.15) is 12.6 Å². The number of carbonyl (C=O) groups is 2. The highest BCUT2D eigenvalue weighted by molar-refractivity contribution is 7.80. The van der Waals surface area contributed by atoms with E-state index in [0.29, 0.717) is 13.0 Å². The summed E-state index contributed by atoms with van der Waals surface area (Å²) in [5.41, 5.74) is 0.750. The fourth-order valence-corrected chi connectivity index (χ4v) is 3.05. The Balaban J connectivity index is 1.92. The number of hydrogen-bond acceptors (Lipinski definition) is 4. The van der Waals surface area contributed by atoms with Crippen molar-refractivity contribution in [2.75, 3.05) is 24.2 Å². The van der Waals surface area contributed by atoms with Crippen molar-refractivity contribution in [3.8, 4) is 0 Å². The van der Waals surface area contributed by atoms with E-state index in [1.165, 1.54) is 0 Å². The summed E-state index contributed by atoms with van der Waals surface area (Å²) >= 11 is 4.21. The average Bonchev–Trinajstić information content (AvgIpc) is 3.13. The Morgan fingerprint density at radius 3 is 2.67 bits per heavy atom. The molecule has 1 aromatic rings. The lowest BCUT2D eigenvalue weighted by atomic mass is 10.0. The zero-order valence-corrected chi connectivity index (χ0v) is 14.9. The zero-order chi connectivity index (χ0) is 17.2. The van der Waals surface area contributed by atoms with Crippen molar-refractivity contribution in [2.24, 2.45) is 5.92 Å². The first-order valence-corrected chi connectivity index (χ1v) is 9.32. The molecular formula is C18H27N3O2S. The van der Waals surface area contributed by atoms with Gasteiger partial charge in [-0.3, -0.25) is 9.59 Å². The van der Waals surface area contributed by atoms with Crippen molar-refractivity contribution in [1.29, 1.82) is 0 Å². The molecule has 24 heavy (non-hydrogen) atoms. The quantitative estimate of drug-likeness (QED) is 0.408. The summed E-state index contributed by atoms with van der Waals surface area (Å²) < 4.78 is 0. The number of para-hydroxylation sites is 1. The molecule has 132 valence electrons. The summed E-state index contributed by atoms with van der Waals surface area (Å²) in [6.07, 6.45) is 4.42. The first-order chi connectivity index (χ1) is 11.7. The molecule has 0 spiro atoms. The molecule has 0 saturated carbocycles. The van der Waals surface area contributed by atoms with Crippen LogP contribution in [0.15, 0.2) is 30.3 Å². The number of benzene rings is 1. The third-order valence-corrected chi connectivity index (χ3v) is 4.57. The fraction of sp³-hybridized carbons (Fsp3) is 0.556. The van der Waals surface area contributed by atoms with Crippen LogP contribution in [0.25, 0.3) is 0 Å². The molecule has 5 nitrogen and oxygen atoms in total. The minimum absolute atomic E-state index is 0.0255. The van der Waals surface area contributed by atoms with Gasteiger partial charge in [-0.1, -0.05) is 31.0 Å². The largest absolute Gasteiger partial charge is 0.344 e. The minimum Gasteiger partial charge on any atom is -0.344 e. The predicted molar refractivity (Wildman–Crippen MR) is 100 cm³/mol. The first kappa shape index (κ1) is 18.8. The van der Waals surface area contributed by atoms with Crippen molar-refractivity contribution in [2.45, 2.75) is 38.1 Å². The van der Waals surface area contributed by atoms with Crippen LogP contribution >= 0.6 is 12.6 Å². The van der Waals surface area contributed by atoms with Gasteiger partial charge in [0.05, 0.1) is 5.92 Å². The topological polar surface area (TPSA) is 70.2 Å². The monoisotopic (exact) mass is 349 g/mol. The van der Waals surface area contributed by atoms with Gasteiger partial charge in [0.15, 0.2) is 0 Å². The van der Waals surface area contributed by atoms with Crippen LogP contribution < -0.4 is 16.0 Å². The van der Waals surface area contributed by atoms with Gasteiger partial charge >= 0.3 is 0 Å². The third kappa shape index (κ3) is 6.17. The number of carbonyl (C=O) groups excluding carboxylic acids is 2. The second kappa shape index (κ2) is 10.4. The summed E-state index contributed by atoms with van der Waals surface area (Å²) in [5.74, 6) is 0.643. The van der Waals surface area contributed by atoms with E-state index in [4.69, 9.17) is 0 Å². The van der Waals surface area contributed by atoms with Crippen LogP contribution in [0.1, 0.15) is 32.1 Å². The van der Waals surface area contributed by atoms with E-state index in [2.05, 4.69) is 28.6 Å². The lowest BCUT2D eigenvalue weighted by Crippen LogP contribution is -2.46. The Kier molecular flexibility index (Phi) is 8.12. The van der Waals surface area contributed by atoms with Gasteiger partial charge in [0.25, 0.3) is 0 Å². The molecule has 1 saturated heterocycles. The maximum Gasteiger partial charge on any atom is 0.246 e. The molecule has 1 unspecified atom stereocenters. The van der Waals surface area contributed by atoms with E-state index in [1.54, 1.807) is 0 Å². The van der Waals surface area contributed by atoms with Gasteiger partial charge in [0, 0.05) is 12.2 Å². The minimum atomic E-state index is -0.488. The summed E-state index contributed by atoms with van der Waals surface area (Å²) in [6, 6.07) is 8.86. The first-order valence-electron chi connectivity index (χ1n) is 8.68. The highest BCUT2D eigenvalue weighted by Gasteiger charge is 2.27. The number of unbranched alkanes of at least 4 members (excludes halogenated alkanes) is 2. The third-order valence-electron chi connectivity index (χ3n) is 4.26. The van der Waals surface area contributed by atoms with Gasteiger partial charge in [-0.05, 0) is 43.7 Å². The van der Waals surface area contributed by atoms with Crippen LogP contribution in [0, 0.1) is 5.92 Å². The fourth-order valence-electron chi connectivity index (χ4n) is 2.82. The van der Waals surface area contributed by atoms with E-state index in [0.717, 1.165) is 43.7 Å². The summed E-state index contributed by atoms with van der Waals surface area (Å²) in [4.78, 5) is 24.9. The van der Waals surface area contributed by atoms with Crippen LogP contribution in [0.4, 0.5) is 5.69 Å². The normalized spacial score (nSPS) is 18.1. The van der Waals surface area contributed by atoms with Crippen molar-refractivity contribution >= 4 is 30.1 Å². The van der Waals surface area contributed by atoms with Crippen molar-refractivity contribution in [3.05, 3.63) is 30.3 Å². The van der Waals surface area contributed by atoms with Crippen LogP contribution in [0.3, 0.4) is 0 Å². The SMILES string of the molecule is O=C(N[C@@H](CCCCCS)C(=O)Nc1ccccc1)C1CCNC1. The molecule has 1 aromatic carbocycles. The molecule has 3 N–H and O–H groups in total. The molecule has 6 heteroatoms. The Morgan fingerprint density at radius 2 is 2.00 bits per heavy atom. The van der Waals surface area contributed by atoms with Crippen LogP contribution in [0.5, 0.6) is 0 Å². The van der Waals surface area contributed by atoms with E-state index in [1.807, 2.05) is 30.3 Å². The van der Waals surface area contributed by atoms with Gasteiger partial charge in [0.1, 0.15) is 6.04 Å². The van der Waals surface area contributed by atoms with Gasteiger partial charge < -0.3 is 16.0 Å². The molecular weight excluding hydrogens is 322 g/mol. The van der Waals surface area contributed by atoms with E-state index in [-0.39, 0.29) is 17.7 Å². The van der Waals surface area contributed by atoms with Crippen LogP contribution in [0.2, 0.25) is 0 Å². The number of thiol groups is 1. The lowest BCUT2D eigenvalue weighted by molar-refractivity contribution is -0.129. The molecule has 2 atom stereocenters. The second-order valence-electron chi connectivity index (χ2n) is 6.18. The predicted octanol–water partition coefficient (Wildman–Crippen LogP) is 2.21. The Morgan fingerprint density at radius 1 is 1.21 bits per heavy atom. The summed E-state index contributed by atoms with van der Waals surface area (Å²) in [6.45, 7) is 1.55. The number of nitrogens with one attached hydrogen (secondary N) is 3. The van der Waals surface area contributed by atoms with Gasteiger partial charge in [0.2, 0.25) is 11.8 Å². The average molecular weight is 350 g/mol. The Bertz CT molecular complexity index is 518. The van der Waals surface area contributed by atoms with E-state index in [9.17, 15) is 9.59 Å². The second-order valence-corrected chi connectivity index (χ2v) is 6.63. The molecule has 2 rings (SSSR count). The molecule has 0 bridgehead atoms. The van der Waals surface area contributed by atoms with Gasteiger partial charge in [-0.25, -0.2) is 0 Å². The zero-order valence-electron chi connectivity index (χ0n) is 14.0. The molecule has 1 heterocycles. The number of hydrogen-bond donors (Lipinski definition) is 4. The molecule has 1 fully saturated rings. The Labute approximate surface area is 149 Å². The maximum atomic E-state index is 12.6. The van der Waals surface area contributed by atoms with Crippen molar-refractivity contribution in [1.82, 2.24) is 10.6 Å². The molecule has 0 radical (unpaired) electrons. The summed E-state index contributed by atoms with van der Waals surface area (Å²) in [5, 5.41) is 9.03. The Hall–Kier alpha value is -1.53. The van der Waals surface area contributed by atoms with Crippen LogP contribution in [-0.4, -0.2) is 36.7 Å². The van der Waals surface area contributed by atoms with E-state index >= 15 is 0 Å². The summed E-state index contributed by atoms with van der Waals surface area (Å²) in [7, 11) is 0. The maximum absolute atomic E-state index is 12.6. The number of amides is 2. The molecule has 0 aromatic heterocycles. The van der Waals surface area contributed by atoms with Crippen LogP contribution in [-0.2, 0) is 9.59 Å².